The van der Waals surface area contributed by atoms with Crippen molar-refractivity contribution in [2.45, 2.75) is 32.9 Å². The standard InChI is InChI=1S/C23H25ClN2O5/c1-4-11-30-22(27)20-14(2)25-23(28)26-21(20)15-9-10-18(29-3)19(12-15)31-13-16-7-5-6-8-17(16)24/h5-10,12,21H,4,11,13H2,1-3H3,(H2,25,26,28). The fourth-order valence-electron chi connectivity index (χ4n) is 3.24. The SMILES string of the molecule is CCCOC(=O)C1=C(C)NC(=O)NC1c1ccc(OC)c(OCc2ccccc2Cl)c1. The van der Waals surface area contributed by atoms with Gasteiger partial charge < -0.3 is 24.8 Å². The lowest BCUT2D eigenvalue weighted by Crippen LogP contribution is -2.45. The molecule has 0 saturated heterocycles. The molecular formula is C23H25ClN2O5. The predicted molar refractivity (Wildman–Crippen MR) is 117 cm³/mol. The summed E-state index contributed by atoms with van der Waals surface area (Å²) in [5, 5.41) is 6.03. The number of esters is 1. The van der Waals surface area contributed by atoms with E-state index in [1.165, 1.54) is 0 Å². The minimum absolute atomic E-state index is 0.234. The van der Waals surface area contributed by atoms with Crippen LogP contribution in [-0.2, 0) is 16.1 Å². The average molecular weight is 445 g/mol. The van der Waals surface area contributed by atoms with Crippen LogP contribution in [0.3, 0.4) is 0 Å². The van der Waals surface area contributed by atoms with Crippen molar-refractivity contribution >= 4 is 23.6 Å². The van der Waals surface area contributed by atoms with Gasteiger partial charge in [-0.2, -0.15) is 0 Å². The number of hydrogen-bond donors (Lipinski definition) is 2. The highest BCUT2D eigenvalue weighted by molar-refractivity contribution is 6.31. The Morgan fingerprint density at radius 1 is 1.16 bits per heavy atom. The largest absolute Gasteiger partial charge is 0.493 e. The number of amides is 2. The molecule has 1 heterocycles. The average Bonchev–Trinajstić information content (AvgIpc) is 2.76. The summed E-state index contributed by atoms with van der Waals surface area (Å²) in [6, 6.07) is 11.6. The number of nitrogens with one attached hydrogen (secondary N) is 2. The van der Waals surface area contributed by atoms with Crippen molar-refractivity contribution in [1.29, 1.82) is 0 Å². The molecular weight excluding hydrogens is 420 g/mol. The molecule has 0 aromatic heterocycles. The molecule has 2 amide bonds. The fourth-order valence-corrected chi connectivity index (χ4v) is 3.43. The lowest BCUT2D eigenvalue weighted by Gasteiger charge is -2.28. The van der Waals surface area contributed by atoms with Crippen LogP contribution in [0.5, 0.6) is 11.5 Å². The summed E-state index contributed by atoms with van der Waals surface area (Å²) in [4.78, 5) is 24.8. The lowest BCUT2D eigenvalue weighted by atomic mass is 9.95. The first-order valence-electron chi connectivity index (χ1n) is 9.94. The number of allylic oxidation sites excluding steroid dienone is 1. The van der Waals surface area contributed by atoms with E-state index in [-0.39, 0.29) is 6.61 Å². The van der Waals surface area contributed by atoms with Gasteiger partial charge in [-0.15, -0.1) is 0 Å². The van der Waals surface area contributed by atoms with Crippen LogP contribution in [0.1, 0.15) is 37.4 Å². The summed E-state index contributed by atoms with van der Waals surface area (Å²) in [7, 11) is 1.54. The van der Waals surface area contributed by atoms with E-state index in [0.717, 1.165) is 5.56 Å². The Morgan fingerprint density at radius 2 is 1.94 bits per heavy atom. The summed E-state index contributed by atoms with van der Waals surface area (Å²) >= 11 is 6.22. The lowest BCUT2D eigenvalue weighted by molar-refractivity contribution is -0.139. The number of methoxy groups -OCH3 is 1. The zero-order valence-corrected chi connectivity index (χ0v) is 18.4. The van der Waals surface area contributed by atoms with Crippen molar-refractivity contribution in [2.24, 2.45) is 0 Å². The van der Waals surface area contributed by atoms with Gasteiger partial charge in [-0.1, -0.05) is 42.8 Å². The number of urea groups is 1. The molecule has 0 fully saturated rings. The van der Waals surface area contributed by atoms with E-state index in [4.69, 9.17) is 25.8 Å². The Labute approximate surface area is 186 Å². The van der Waals surface area contributed by atoms with E-state index in [9.17, 15) is 9.59 Å². The van der Waals surface area contributed by atoms with Gasteiger partial charge in [-0.25, -0.2) is 9.59 Å². The van der Waals surface area contributed by atoms with Crippen molar-refractivity contribution in [3.8, 4) is 11.5 Å². The monoisotopic (exact) mass is 444 g/mol. The Balaban J connectivity index is 1.92. The van der Waals surface area contributed by atoms with Crippen molar-refractivity contribution < 1.29 is 23.8 Å². The van der Waals surface area contributed by atoms with E-state index >= 15 is 0 Å². The third-order valence-electron chi connectivity index (χ3n) is 4.79. The van der Waals surface area contributed by atoms with Gasteiger partial charge in [0.25, 0.3) is 0 Å². The second-order valence-corrected chi connectivity index (χ2v) is 7.40. The van der Waals surface area contributed by atoms with Gasteiger partial charge in [0.1, 0.15) is 6.61 Å². The van der Waals surface area contributed by atoms with Gasteiger partial charge in [-0.05, 0) is 37.1 Å². The fraction of sp³-hybridized carbons (Fsp3) is 0.304. The van der Waals surface area contributed by atoms with Gasteiger partial charge in [0.15, 0.2) is 11.5 Å². The number of carbonyl (C=O) groups is 2. The van der Waals surface area contributed by atoms with Crippen molar-refractivity contribution in [1.82, 2.24) is 10.6 Å². The minimum atomic E-state index is -0.688. The quantitative estimate of drug-likeness (QED) is 0.585. The number of rotatable bonds is 8. The summed E-state index contributed by atoms with van der Waals surface area (Å²) in [6.45, 7) is 4.12. The Bertz CT molecular complexity index is 1010. The van der Waals surface area contributed by atoms with Crippen molar-refractivity contribution in [3.63, 3.8) is 0 Å². The maximum Gasteiger partial charge on any atom is 0.338 e. The summed E-state index contributed by atoms with van der Waals surface area (Å²) in [6.07, 6.45) is 0.699. The van der Waals surface area contributed by atoms with Crippen LogP contribution < -0.4 is 20.1 Å². The smallest absolute Gasteiger partial charge is 0.338 e. The molecule has 0 bridgehead atoms. The predicted octanol–water partition coefficient (Wildman–Crippen LogP) is 4.51. The maximum absolute atomic E-state index is 12.7. The first-order chi connectivity index (χ1) is 14.9. The number of halogens is 1. The molecule has 3 rings (SSSR count). The van der Waals surface area contributed by atoms with Gasteiger partial charge in [0, 0.05) is 16.3 Å². The highest BCUT2D eigenvalue weighted by atomic mass is 35.5. The second-order valence-electron chi connectivity index (χ2n) is 7.00. The van der Waals surface area contributed by atoms with Crippen molar-refractivity contribution in [3.05, 3.63) is 69.9 Å². The van der Waals surface area contributed by atoms with Crippen LogP contribution in [0.4, 0.5) is 4.79 Å². The Hall–Kier alpha value is -3.19. The van der Waals surface area contributed by atoms with E-state index in [1.54, 1.807) is 38.3 Å². The highest BCUT2D eigenvalue weighted by Crippen LogP contribution is 2.35. The molecule has 8 heteroatoms. The van der Waals surface area contributed by atoms with Crippen LogP contribution in [0.15, 0.2) is 53.7 Å². The van der Waals surface area contributed by atoms with Crippen LogP contribution in [0, 0.1) is 0 Å². The first kappa shape index (κ1) is 22.5. The molecule has 2 aromatic rings. The molecule has 0 spiro atoms. The maximum atomic E-state index is 12.7. The van der Waals surface area contributed by atoms with Gasteiger partial charge in [0.05, 0.1) is 25.3 Å². The molecule has 164 valence electrons. The number of hydrogen-bond acceptors (Lipinski definition) is 5. The summed E-state index contributed by atoms with van der Waals surface area (Å²) in [5.74, 6) is 0.504. The molecule has 0 radical (unpaired) electrons. The Morgan fingerprint density at radius 3 is 2.65 bits per heavy atom. The third-order valence-corrected chi connectivity index (χ3v) is 5.16. The van der Waals surface area contributed by atoms with E-state index in [0.29, 0.717) is 46.4 Å². The molecule has 2 N–H and O–H groups in total. The first-order valence-corrected chi connectivity index (χ1v) is 10.3. The van der Waals surface area contributed by atoms with Crippen LogP contribution in [0.2, 0.25) is 5.02 Å². The number of carbonyl (C=O) groups excluding carboxylic acids is 2. The molecule has 1 aliphatic rings. The van der Waals surface area contributed by atoms with Gasteiger partial charge in [-0.3, -0.25) is 0 Å². The topological polar surface area (TPSA) is 85.9 Å². The molecule has 1 aliphatic heterocycles. The molecule has 7 nitrogen and oxygen atoms in total. The molecule has 0 aliphatic carbocycles. The normalized spacial score (nSPS) is 15.7. The second kappa shape index (κ2) is 10.2. The molecule has 2 aromatic carbocycles. The highest BCUT2D eigenvalue weighted by Gasteiger charge is 2.32. The third kappa shape index (κ3) is 5.30. The van der Waals surface area contributed by atoms with Crippen LogP contribution in [0.25, 0.3) is 0 Å². The van der Waals surface area contributed by atoms with E-state index < -0.39 is 18.0 Å². The van der Waals surface area contributed by atoms with Crippen LogP contribution >= 0.6 is 11.6 Å². The summed E-state index contributed by atoms with van der Waals surface area (Å²) < 4.78 is 16.7. The molecule has 1 unspecified atom stereocenters. The Kier molecular flexibility index (Phi) is 7.41. The van der Waals surface area contributed by atoms with Crippen molar-refractivity contribution in [2.75, 3.05) is 13.7 Å². The molecule has 0 saturated carbocycles. The minimum Gasteiger partial charge on any atom is -0.493 e. The van der Waals surface area contributed by atoms with Gasteiger partial charge >= 0.3 is 12.0 Å². The van der Waals surface area contributed by atoms with Crippen LogP contribution in [-0.4, -0.2) is 25.7 Å². The number of ether oxygens (including phenoxy) is 3. The van der Waals surface area contributed by atoms with E-state index in [2.05, 4.69) is 10.6 Å². The van der Waals surface area contributed by atoms with Gasteiger partial charge in [0.2, 0.25) is 0 Å². The molecule has 31 heavy (non-hydrogen) atoms. The zero-order chi connectivity index (χ0) is 22.4. The summed E-state index contributed by atoms with van der Waals surface area (Å²) in [5.41, 5.74) is 2.28. The zero-order valence-electron chi connectivity index (χ0n) is 17.7. The van der Waals surface area contributed by atoms with E-state index in [1.807, 2.05) is 25.1 Å². The number of benzene rings is 2. The molecule has 1 atom stereocenters.